The maximum Gasteiger partial charge on any atom is 0.222 e. The molecule has 2 fully saturated rings. The van der Waals surface area contributed by atoms with Crippen molar-refractivity contribution in [1.82, 2.24) is 4.90 Å². The van der Waals surface area contributed by atoms with Crippen molar-refractivity contribution in [2.75, 3.05) is 31.8 Å². The third-order valence-corrected chi connectivity index (χ3v) is 6.75. The molecule has 1 atom stereocenters. The average molecular weight is 331 g/mol. The van der Waals surface area contributed by atoms with E-state index in [9.17, 15) is 13.2 Å². The highest BCUT2D eigenvalue weighted by molar-refractivity contribution is 7.91. The number of ether oxygens (including phenoxy) is 1. The number of carbonyl (C=O) groups excluding carboxylic acids is 1. The third-order valence-electron chi connectivity index (χ3n) is 5.00. The van der Waals surface area contributed by atoms with Gasteiger partial charge in [-0.25, -0.2) is 8.42 Å². The van der Waals surface area contributed by atoms with Gasteiger partial charge in [-0.3, -0.25) is 4.79 Å². The van der Waals surface area contributed by atoms with Gasteiger partial charge in [0.15, 0.2) is 9.84 Å². The van der Waals surface area contributed by atoms with Crippen LogP contribution in [0.3, 0.4) is 0 Å². The molecule has 1 amide bonds. The fourth-order valence-electron chi connectivity index (χ4n) is 3.67. The minimum absolute atomic E-state index is 0.102. The zero-order valence-electron chi connectivity index (χ0n) is 13.6. The van der Waals surface area contributed by atoms with E-state index in [0.717, 1.165) is 6.42 Å². The first-order valence-corrected chi connectivity index (χ1v) is 10.3. The lowest BCUT2D eigenvalue weighted by atomic mass is 9.86. The Morgan fingerprint density at radius 2 is 1.91 bits per heavy atom. The molecule has 5 nitrogen and oxygen atoms in total. The van der Waals surface area contributed by atoms with Crippen molar-refractivity contribution in [3.05, 3.63) is 0 Å². The molecular formula is C16H29NO4S. The molecule has 0 aromatic rings. The monoisotopic (exact) mass is 331 g/mol. The second-order valence-corrected chi connectivity index (χ2v) is 8.91. The molecule has 0 spiro atoms. The Labute approximate surface area is 134 Å². The first-order chi connectivity index (χ1) is 10.5. The van der Waals surface area contributed by atoms with Crippen LogP contribution in [0.4, 0.5) is 0 Å². The smallest absolute Gasteiger partial charge is 0.222 e. The van der Waals surface area contributed by atoms with Crippen LogP contribution in [-0.2, 0) is 19.4 Å². The van der Waals surface area contributed by atoms with Crippen LogP contribution in [0.5, 0.6) is 0 Å². The van der Waals surface area contributed by atoms with Gasteiger partial charge in [0.25, 0.3) is 0 Å². The van der Waals surface area contributed by atoms with Gasteiger partial charge >= 0.3 is 0 Å². The Kier molecular flexibility index (Phi) is 6.68. The van der Waals surface area contributed by atoms with Crippen LogP contribution in [0.15, 0.2) is 0 Å². The molecule has 1 heterocycles. The highest BCUT2D eigenvalue weighted by Gasteiger charge is 2.34. The van der Waals surface area contributed by atoms with Crippen LogP contribution in [0, 0.1) is 5.92 Å². The lowest BCUT2D eigenvalue weighted by Crippen LogP contribution is -2.43. The van der Waals surface area contributed by atoms with Gasteiger partial charge in [-0.15, -0.1) is 0 Å². The van der Waals surface area contributed by atoms with Gasteiger partial charge in [0.1, 0.15) is 0 Å². The first kappa shape index (κ1) is 17.7. The minimum atomic E-state index is -2.97. The summed E-state index contributed by atoms with van der Waals surface area (Å²) >= 11 is 0. The van der Waals surface area contributed by atoms with Crippen molar-refractivity contribution < 1.29 is 17.9 Å². The largest absolute Gasteiger partial charge is 0.383 e. The molecule has 2 aliphatic rings. The maximum absolute atomic E-state index is 12.6. The van der Waals surface area contributed by atoms with Crippen molar-refractivity contribution in [2.24, 2.45) is 5.92 Å². The molecule has 0 aromatic carbocycles. The number of methoxy groups -OCH3 is 1. The lowest BCUT2D eigenvalue weighted by molar-refractivity contribution is -0.134. The Bertz CT molecular complexity index is 457. The van der Waals surface area contributed by atoms with Gasteiger partial charge in [-0.1, -0.05) is 32.1 Å². The van der Waals surface area contributed by atoms with Crippen LogP contribution in [0.2, 0.25) is 0 Å². The number of carbonyl (C=O) groups is 1. The summed E-state index contributed by atoms with van der Waals surface area (Å²) in [6, 6.07) is -0.154. The third kappa shape index (κ3) is 5.23. The van der Waals surface area contributed by atoms with Crippen molar-refractivity contribution >= 4 is 15.7 Å². The van der Waals surface area contributed by atoms with E-state index in [4.69, 9.17) is 4.74 Å². The zero-order valence-corrected chi connectivity index (χ0v) is 14.4. The molecule has 0 bridgehead atoms. The summed E-state index contributed by atoms with van der Waals surface area (Å²) in [5.74, 6) is 1.10. The summed E-state index contributed by atoms with van der Waals surface area (Å²) in [6.45, 7) is 0.964. The Hall–Kier alpha value is -0.620. The van der Waals surface area contributed by atoms with Gasteiger partial charge in [-0.05, 0) is 18.8 Å². The van der Waals surface area contributed by atoms with E-state index in [0.29, 0.717) is 31.9 Å². The van der Waals surface area contributed by atoms with E-state index in [1.54, 1.807) is 12.0 Å². The van der Waals surface area contributed by atoms with Crippen LogP contribution in [0.25, 0.3) is 0 Å². The molecule has 2 rings (SSSR count). The SMILES string of the molecule is COCCN(C(=O)CCC1CCCCC1)[C@H]1CCS(=O)(=O)C1. The van der Waals surface area contributed by atoms with Gasteiger partial charge in [0.05, 0.1) is 18.1 Å². The Balaban J connectivity index is 1.88. The Morgan fingerprint density at radius 3 is 2.50 bits per heavy atom. The molecule has 0 radical (unpaired) electrons. The van der Waals surface area contributed by atoms with Gasteiger partial charge in [0.2, 0.25) is 5.91 Å². The molecule has 1 saturated heterocycles. The van der Waals surface area contributed by atoms with E-state index in [-0.39, 0.29) is 23.5 Å². The minimum Gasteiger partial charge on any atom is -0.383 e. The second-order valence-electron chi connectivity index (χ2n) is 6.68. The Morgan fingerprint density at radius 1 is 1.18 bits per heavy atom. The van der Waals surface area contributed by atoms with Gasteiger partial charge in [0, 0.05) is 26.1 Å². The number of nitrogens with zero attached hydrogens (tertiary/aromatic N) is 1. The summed E-state index contributed by atoms with van der Waals surface area (Å²) in [6.07, 6.45) is 8.44. The molecular weight excluding hydrogens is 302 g/mol. The van der Waals surface area contributed by atoms with Crippen LogP contribution < -0.4 is 0 Å². The van der Waals surface area contributed by atoms with E-state index in [1.165, 1.54) is 32.1 Å². The van der Waals surface area contributed by atoms with Crippen molar-refractivity contribution in [2.45, 2.75) is 57.4 Å². The second kappa shape index (κ2) is 8.29. The topological polar surface area (TPSA) is 63.7 Å². The molecule has 0 aromatic heterocycles. The van der Waals surface area contributed by atoms with Crippen molar-refractivity contribution in [3.63, 3.8) is 0 Å². The molecule has 6 heteroatoms. The fourth-order valence-corrected chi connectivity index (χ4v) is 5.40. The first-order valence-electron chi connectivity index (χ1n) is 8.50. The summed E-state index contributed by atoms with van der Waals surface area (Å²) in [4.78, 5) is 14.3. The number of amides is 1. The van der Waals surface area contributed by atoms with Crippen LogP contribution >= 0.6 is 0 Å². The normalized spacial score (nSPS) is 25.2. The standard InChI is InChI=1S/C16H29NO4S/c1-21-11-10-17(15-9-12-22(19,20)13-15)16(18)8-7-14-5-3-2-4-6-14/h14-15H,2-13H2,1H3/t15-/m0/s1. The van der Waals surface area contributed by atoms with Gasteiger partial charge in [-0.2, -0.15) is 0 Å². The molecule has 0 unspecified atom stereocenters. The summed E-state index contributed by atoms with van der Waals surface area (Å²) in [7, 11) is -1.36. The molecule has 1 saturated carbocycles. The molecule has 1 aliphatic heterocycles. The molecule has 22 heavy (non-hydrogen) atoms. The predicted molar refractivity (Wildman–Crippen MR) is 86.5 cm³/mol. The maximum atomic E-state index is 12.6. The fraction of sp³-hybridized carbons (Fsp3) is 0.938. The molecule has 1 aliphatic carbocycles. The summed E-state index contributed by atoms with van der Waals surface area (Å²) < 4.78 is 28.4. The number of sulfone groups is 1. The highest BCUT2D eigenvalue weighted by Crippen LogP contribution is 2.28. The number of hydrogen-bond acceptors (Lipinski definition) is 4. The predicted octanol–water partition coefficient (Wildman–Crippen LogP) is 2.01. The van der Waals surface area contributed by atoms with Gasteiger partial charge < -0.3 is 9.64 Å². The molecule has 0 N–H and O–H groups in total. The quantitative estimate of drug-likeness (QED) is 0.716. The molecule has 128 valence electrons. The van der Waals surface area contributed by atoms with E-state index in [1.807, 2.05) is 0 Å². The van der Waals surface area contributed by atoms with Crippen molar-refractivity contribution in [3.8, 4) is 0 Å². The van der Waals surface area contributed by atoms with Crippen LogP contribution in [-0.4, -0.2) is 57.0 Å². The summed E-state index contributed by atoms with van der Waals surface area (Å²) in [5.41, 5.74) is 0. The van der Waals surface area contributed by atoms with E-state index < -0.39 is 9.84 Å². The lowest BCUT2D eigenvalue weighted by Gasteiger charge is -2.29. The number of rotatable bonds is 7. The van der Waals surface area contributed by atoms with Crippen molar-refractivity contribution in [1.29, 1.82) is 0 Å². The average Bonchev–Trinajstić information content (AvgIpc) is 2.86. The van der Waals surface area contributed by atoms with Crippen LogP contribution in [0.1, 0.15) is 51.4 Å². The highest BCUT2D eigenvalue weighted by atomic mass is 32.2. The van der Waals surface area contributed by atoms with E-state index in [2.05, 4.69) is 0 Å². The summed E-state index contributed by atoms with van der Waals surface area (Å²) in [5, 5.41) is 0. The van der Waals surface area contributed by atoms with E-state index >= 15 is 0 Å². The number of hydrogen-bond donors (Lipinski definition) is 0. The zero-order chi connectivity index (χ0) is 16.0.